The molecule has 0 saturated heterocycles. The van der Waals surface area contributed by atoms with Gasteiger partial charge in [-0.25, -0.2) is 4.79 Å². The van der Waals surface area contributed by atoms with Crippen LogP contribution in [0.3, 0.4) is 0 Å². The number of nitrogens with zero attached hydrogens (tertiary/aromatic N) is 1. The molecule has 0 aliphatic heterocycles. The third-order valence-electron chi connectivity index (χ3n) is 2.51. The van der Waals surface area contributed by atoms with Crippen LogP contribution in [-0.4, -0.2) is 16.1 Å². The number of carboxylic acids is 1. The summed E-state index contributed by atoms with van der Waals surface area (Å²) in [6.45, 7) is 2.03. The third kappa shape index (κ3) is 1.74. The van der Waals surface area contributed by atoms with E-state index >= 15 is 0 Å². The van der Waals surface area contributed by atoms with E-state index < -0.39 is 5.97 Å². The van der Waals surface area contributed by atoms with Crippen molar-refractivity contribution in [3.8, 4) is 0 Å². The number of hydrogen-bond acceptors (Lipinski definition) is 2. The number of fused-ring (bicyclic) bond motifs is 1. The molecule has 82 valence electrons. The maximum Gasteiger partial charge on any atom is 0.338 e. The van der Waals surface area contributed by atoms with Crippen LogP contribution in [-0.2, 0) is 6.42 Å². The Balaban J connectivity index is 2.75. The Hall–Kier alpha value is -1.61. The molecule has 0 unspecified atom stereocenters. The van der Waals surface area contributed by atoms with Gasteiger partial charge in [-0.05, 0) is 24.1 Å². The van der Waals surface area contributed by atoms with Crippen molar-refractivity contribution in [2.75, 3.05) is 0 Å². The smallest absolute Gasteiger partial charge is 0.338 e. The fourth-order valence-corrected chi connectivity index (χ4v) is 1.86. The van der Waals surface area contributed by atoms with Gasteiger partial charge in [-0.15, -0.1) is 0 Å². The van der Waals surface area contributed by atoms with Crippen LogP contribution in [0.25, 0.3) is 10.9 Å². The average Bonchev–Trinajstić information content (AvgIpc) is 2.28. The minimum Gasteiger partial charge on any atom is -0.478 e. The minimum absolute atomic E-state index is 0.0439. The van der Waals surface area contributed by atoms with E-state index in [1.807, 2.05) is 25.1 Å². The Morgan fingerprint density at radius 2 is 2.25 bits per heavy atom. The molecule has 0 aliphatic rings. The van der Waals surface area contributed by atoms with E-state index in [-0.39, 0.29) is 10.6 Å². The minimum atomic E-state index is -1.05. The predicted octanol–water partition coefficient (Wildman–Crippen LogP) is 3.15. The van der Waals surface area contributed by atoms with Gasteiger partial charge in [0.2, 0.25) is 0 Å². The van der Waals surface area contributed by atoms with Crippen molar-refractivity contribution in [1.29, 1.82) is 0 Å². The number of pyridine rings is 1. The van der Waals surface area contributed by atoms with Crippen LogP contribution in [0, 0.1) is 0 Å². The van der Waals surface area contributed by atoms with Gasteiger partial charge >= 0.3 is 5.97 Å². The molecule has 0 amide bonds. The van der Waals surface area contributed by atoms with Crippen molar-refractivity contribution >= 4 is 28.5 Å². The first-order chi connectivity index (χ1) is 7.63. The molecular formula is C12H10ClNO2. The molecule has 2 aromatic rings. The molecule has 1 aromatic carbocycles. The third-order valence-corrected chi connectivity index (χ3v) is 2.91. The largest absolute Gasteiger partial charge is 0.478 e. The van der Waals surface area contributed by atoms with Gasteiger partial charge in [-0.1, -0.05) is 24.6 Å². The lowest BCUT2D eigenvalue weighted by atomic mass is 10.1. The highest BCUT2D eigenvalue weighted by atomic mass is 35.5. The Labute approximate surface area is 97.7 Å². The van der Waals surface area contributed by atoms with Crippen LogP contribution >= 0.6 is 11.6 Å². The predicted molar refractivity (Wildman–Crippen MR) is 63.1 cm³/mol. The highest BCUT2D eigenvalue weighted by Gasteiger charge is 2.12. The lowest BCUT2D eigenvalue weighted by Crippen LogP contribution is -1.99. The normalized spacial score (nSPS) is 10.6. The second-order valence-electron chi connectivity index (χ2n) is 3.50. The molecule has 0 radical (unpaired) electrons. The lowest BCUT2D eigenvalue weighted by Gasteiger charge is -2.05. The molecule has 0 fully saturated rings. The molecule has 2 rings (SSSR count). The molecule has 0 aliphatic carbocycles. The SMILES string of the molecule is CCc1ccc2ncc(C(=O)O)c(Cl)c2c1. The number of carbonyl (C=O) groups is 1. The molecule has 0 bridgehead atoms. The molecule has 4 heteroatoms. The Morgan fingerprint density at radius 3 is 2.88 bits per heavy atom. The Kier molecular flexibility index (Phi) is 2.79. The summed E-state index contributed by atoms with van der Waals surface area (Å²) >= 11 is 6.04. The van der Waals surface area contributed by atoms with Crippen molar-refractivity contribution in [1.82, 2.24) is 4.98 Å². The van der Waals surface area contributed by atoms with Gasteiger partial charge in [0.15, 0.2) is 0 Å². The fraction of sp³-hybridized carbons (Fsp3) is 0.167. The summed E-state index contributed by atoms with van der Waals surface area (Å²) in [7, 11) is 0. The van der Waals surface area contributed by atoms with Crippen LogP contribution in [0.4, 0.5) is 0 Å². The molecule has 16 heavy (non-hydrogen) atoms. The molecule has 1 N–H and O–H groups in total. The average molecular weight is 236 g/mol. The second-order valence-corrected chi connectivity index (χ2v) is 3.87. The topological polar surface area (TPSA) is 50.2 Å². The fourth-order valence-electron chi connectivity index (χ4n) is 1.58. The first-order valence-electron chi connectivity index (χ1n) is 4.94. The number of aryl methyl sites for hydroxylation is 1. The quantitative estimate of drug-likeness (QED) is 0.870. The number of hydrogen-bond donors (Lipinski definition) is 1. The molecular weight excluding hydrogens is 226 g/mol. The van der Waals surface area contributed by atoms with Gasteiger partial charge in [-0.3, -0.25) is 4.98 Å². The highest BCUT2D eigenvalue weighted by molar-refractivity contribution is 6.38. The second kappa shape index (κ2) is 4.10. The maximum absolute atomic E-state index is 10.9. The van der Waals surface area contributed by atoms with E-state index in [1.54, 1.807) is 0 Å². The van der Waals surface area contributed by atoms with Crippen LogP contribution < -0.4 is 0 Å². The van der Waals surface area contributed by atoms with Gasteiger partial charge in [0.1, 0.15) is 0 Å². The van der Waals surface area contributed by atoms with Crippen molar-refractivity contribution in [2.24, 2.45) is 0 Å². The van der Waals surface area contributed by atoms with E-state index in [1.165, 1.54) is 6.20 Å². The van der Waals surface area contributed by atoms with Crippen LogP contribution in [0.15, 0.2) is 24.4 Å². The molecule has 1 aromatic heterocycles. The van der Waals surface area contributed by atoms with E-state index in [4.69, 9.17) is 16.7 Å². The molecule has 0 spiro atoms. The first-order valence-corrected chi connectivity index (χ1v) is 5.31. The summed E-state index contributed by atoms with van der Waals surface area (Å²) in [5.41, 5.74) is 1.87. The number of aromatic nitrogens is 1. The van der Waals surface area contributed by atoms with Crippen molar-refractivity contribution in [3.63, 3.8) is 0 Å². The van der Waals surface area contributed by atoms with Crippen LogP contribution in [0.2, 0.25) is 5.02 Å². The van der Waals surface area contributed by atoms with Gasteiger partial charge in [0, 0.05) is 11.6 Å². The molecule has 1 heterocycles. The number of halogens is 1. The molecule has 0 atom stereocenters. The molecule has 0 saturated carbocycles. The van der Waals surface area contributed by atoms with Crippen molar-refractivity contribution < 1.29 is 9.90 Å². The van der Waals surface area contributed by atoms with E-state index in [2.05, 4.69) is 4.98 Å². The molecule has 3 nitrogen and oxygen atoms in total. The van der Waals surface area contributed by atoms with Crippen LogP contribution in [0.1, 0.15) is 22.8 Å². The van der Waals surface area contributed by atoms with E-state index in [9.17, 15) is 4.79 Å². The zero-order valence-corrected chi connectivity index (χ0v) is 9.45. The van der Waals surface area contributed by atoms with Gasteiger partial charge < -0.3 is 5.11 Å². The lowest BCUT2D eigenvalue weighted by molar-refractivity contribution is 0.0697. The summed E-state index contributed by atoms with van der Waals surface area (Å²) in [4.78, 5) is 15.0. The van der Waals surface area contributed by atoms with E-state index in [0.717, 1.165) is 12.0 Å². The van der Waals surface area contributed by atoms with Gasteiger partial charge in [0.05, 0.1) is 16.1 Å². The number of aromatic carboxylic acids is 1. The summed E-state index contributed by atoms with van der Waals surface area (Å²) in [5, 5.41) is 9.88. The van der Waals surface area contributed by atoms with Crippen molar-refractivity contribution in [2.45, 2.75) is 13.3 Å². The van der Waals surface area contributed by atoms with Crippen molar-refractivity contribution in [3.05, 3.63) is 40.5 Å². The summed E-state index contributed by atoms with van der Waals surface area (Å²) < 4.78 is 0. The zero-order valence-electron chi connectivity index (χ0n) is 8.70. The van der Waals surface area contributed by atoms with Gasteiger partial charge in [0.25, 0.3) is 0 Å². The Bertz CT molecular complexity index is 566. The van der Waals surface area contributed by atoms with Gasteiger partial charge in [-0.2, -0.15) is 0 Å². The monoisotopic (exact) mass is 235 g/mol. The number of carboxylic acid groups (broad SMARTS) is 1. The van der Waals surface area contributed by atoms with Crippen LogP contribution in [0.5, 0.6) is 0 Å². The maximum atomic E-state index is 10.9. The Morgan fingerprint density at radius 1 is 1.50 bits per heavy atom. The number of benzene rings is 1. The number of rotatable bonds is 2. The van der Waals surface area contributed by atoms with E-state index in [0.29, 0.717) is 10.9 Å². The highest BCUT2D eigenvalue weighted by Crippen LogP contribution is 2.26. The summed E-state index contributed by atoms with van der Waals surface area (Å²) in [5.74, 6) is -1.05. The zero-order chi connectivity index (χ0) is 11.7. The standard InChI is InChI=1S/C12H10ClNO2/c1-2-7-3-4-10-8(5-7)11(13)9(6-14-10)12(15)16/h3-6H,2H2,1H3,(H,15,16). The summed E-state index contributed by atoms with van der Waals surface area (Å²) in [6.07, 6.45) is 2.17. The first kappa shape index (κ1) is 10.9. The summed E-state index contributed by atoms with van der Waals surface area (Å²) in [6, 6.07) is 5.70.